The lowest BCUT2D eigenvalue weighted by atomic mass is 10.2. The molecule has 2 N–H and O–H groups in total. The number of rotatable bonds is 4. The highest BCUT2D eigenvalue weighted by Gasteiger charge is 2.08. The van der Waals surface area contributed by atoms with Gasteiger partial charge in [0.2, 0.25) is 0 Å². The highest BCUT2D eigenvalue weighted by atomic mass is 16.4. The zero-order valence-electron chi connectivity index (χ0n) is 11.3. The molecule has 0 spiro atoms. The maximum absolute atomic E-state index is 10.5. The Morgan fingerprint density at radius 2 is 1.89 bits per heavy atom. The van der Waals surface area contributed by atoms with Crippen LogP contribution in [-0.4, -0.2) is 27.4 Å². The van der Waals surface area contributed by atoms with Crippen molar-refractivity contribution in [1.29, 1.82) is 0 Å². The summed E-state index contributed by atoms with van der Waals surface area (Å²) >= 11 is 0. The summed E-state index contributed by atoms with van der Waals surface area (Å²) in [4.78, 5) is 10.5. The van der Waals surface area contributed by atoms with Crippen LogP contribution in [0.5, 0.6) is 0 Å². The number of anilines is 1. The van der Waals surface area contributed by atoms with Gasteiger partial charge in [-0.15, -0.1) is 0 Å². The second kappa shape index (κ2) is 5.14. The van der Waals surface area contributed by atoms with E-state index in [0.29, 0.717) is 0 Å². The summed E-state index contributed by atoms with van der Waals surface area (Å²) in [5.41, 5.74) is 5.07. The lowest BCUT2D eigenvalue weighted by Crippen LogP contribution is -2.12. The van der Waals surface area contributed by atoms with Crippen LogP contribution in [0.1, 0.15) is 17.0 Å². The minimum absolute atomic E-state index is 0.0850. The van der Waals surface area contributed by atoms with Gasteiger partial charge in [-0.2, -0.15) is 5.10 Å². The molecule has 1 aromatic heterocycles. The molecular formula is C14H17N3O2. The highest BCUT2D eigenvalue weighted by Crippen LogP contribution is 2.18. The van der Waals surface area contributed by atoms with Crippen molar-refractivity contribution >= 4 is 11.7 Å². The molecule has 100 valence electrons. The van der Waals surface area contributed by atoms with Crippen LogP contribution in [0.25, 0.3) is 5.69 Å². The number of hydrogen-bond acceptors (Lipinski definition) is 3. The van der Waals surface area contributed by atoms with E-state index in [4.69, 9.17) is 5.11 Å². The summed E-state index contributed by atoms with van der Waals surface area (Å²) in [6.07, 6.45) is 0. The number of carbonyl (C=O) groups is 1. The summed E-state index contributed by atoms with van der Waals surface area (Å²) in [5.74, 6) is -0.877. The van der Waals surface area contributed by atoms with Gasteiger partial charge in [0.1, 0.15) is 6.54 Å². The average Bonchev–Trinajstić information content (AvgIpc) is 2.65. The van der Waals surface area contributed by atoms with E-state index in [-0.39, 0.29) is 6.54 Å². The van der Waals surface area contributed by atoms with Gasteiger partial charge in [-0.05, 0) is 50.6 Å². The molecule has 0 saturated carbocycles. The number of benzene rings is 1. The number of aryl methyl sites for hydroxylation is 1. The van der Waals surface area contributed by atoms with E-state index < -0.39 is 5.97 Å². The zero-order chi connectivity index (χ0) is 14.0. The van der Waals surface area contributed by atoms with E-state index in [1.54, 1.807) is 0 Å². The van der Waals surface area contributed by atoms with Crippen molar-refractivity contribution in [1.82, 2.24) is 9.78 Å². The third kappa shape index (κ3) is 2.76. The molecule has 1 aromatic carbocycles. The second-order valence-corrected chi connectivity index (χ2v) is 4.50. The molecule has 19 heavy (non-hydrogen) atoms. The predicted octanol–water partition coefficient (Wildman–Crippen LogP) is 2.29. The summed E-state index contributed by atoms with van der Waals surface area (Å²) in [7, 11) is 0. The maximum Gasteiger partial charge on any atom is 0.322 e. The van der Waals surface area contributed by atoms with Gasteiger partial charge >= 0.3 is 5.97 Å². The van der Waals surface area contributed by atoms with E-state index in [1.807, 2.05) is 42.8 Å². The van der Waals surface area contributed by atoms with Crippen molar-refractivity contribution in [3.8, 4) is 5.69 Å². The van der Waals surface area contributed by atoms with Gasteiger partial charge in [-0.25, -0.2) is 4.68 Å². The van der Waals surface area contributed by atoms with Crippen LogP contribution < -0.4 is 5.32 Å². The molecule has 0 fully saturated rings. The number of hydrogen-bond donors (Lipinski definition) is 2. The van der Waals surface area contributed by atoms with Crippen molar-refractivity contribution < 1.29 is 9.90 Å². The highest BCUT2D eigenvalue weighted by molar-refractivity contribution is 5.72. The number of carboxylic acids is 1. The molecule has 5 heteroatoms. The van der Waals surface area contributed by atoms with Crippen LogP contribution in [0, 0.1) is 20.8 Å². The summed E-state index contributed by atoms with van der Waals surface area (Å²) < 4.78 is 1.89. The fourth-order valence-electron chi connectivity index (χ4n) is 1.87. The molecule has 0 amide bonds. The van der Waals surface area contributed by atoms with Gasteiger partial charge in [0.15, 0.2) is 0 Å². The molecule has 0 atom stereocenters. The number of aromatic nitrogens is 2. The number of carboxylic acid groups (broad SMARTS) is 1. The third-order valence-corrected chi connectivity index (χ3v) is 3.21. The van der Waals surface area contributed by atoms with Crippen molar-refractivity contribution in [3.63, 3.8) is 0 Å². The Balaban J connectivity index is 2.22. The Hall–Kier alpha value is -2.30. The lowest BCUT2D eigenvalue weighted by molar-refractivity contribution is -0.134. The Labute approximate surface area is 111 Å². The van der Waals surface area contributed by atoms with Crippen LogP contribution in [0.4, 0.5) is 5.69 Å². The molecule has 1 heterocycles. The Morgan fingerprint density at radius 3 is 2.37 bits per heavy atom. The average molecular weight is 259 g/mol. The number of nitrogens with zero attached hydrogens (tertiary/aromatic N) is 2. The van der Waals surface area contributed by atoms with Crippen molar-refractivity contribution in [3.05, 3.63) is 41.2 Å². The third-order valence-electron chi connectivity index (χ3n) is 3.21. The maximum atomic E-state index is 10.5. The number of nitrogens with one attached hydrogen (secondary N) is 1. The van der Waals surface area contributed by atoms with Crippen LogP contribution in [0.2, 0.25) is 0 Å². The molecule has 0 aliphatic rings. The van der Waals surface area contributed by atoms with E-state index in [2.05, 4.69) is 17.3 Å². The van der Waals surface area contributed by atoms with Crippen LogP contribution in [0.3, 0.4) is 0 Å². The normalized spacial score (nSPS) is 10.5. The standard InChI is InChI=1S/C14H17N3O2/c1-9-10(2)16-17(11(9)3)13-6-4-12(5-7-13)15-8-14(18)19/h4-7,15H,8H2,1-3H3,(H,18,19). The van der Waals surface area contributed by atoms with Gasteiger partial charge < -0.3 is 10.4 Å². The van der Waals surface area contributed by atoms with E-state index in [9.17, 15) is 4.79 Å². The summed E-state index contributed by atoms with van der Waals surface area (Å²) in [5, 5.41) is 15.9. The lowest BCUT2D eigenvalue weighted by Gasteiger charge is -2.07. The van der Waals surface area contributed by atoms with Gasteiger partial charge in [-0.3, -0.25) is 4.79 Å². The molecule has 0 unspecified atom stereocenters. The fraction of sp³-hybridized carbons (Fsp3) is 0.286. The topological polar surface area (TPSA) is 67.2 Å². The van der Waals surface area contributed by atoms with Gasteiger partial charge in [0, 0.05) is 11.4 Å². The minimum atomic E-state index is -0.877. The van der Waals surface area contributed by atoms with Crippen LogP contribution in [-0.2, 0) is 4.79 Å². The van der Waals surface area contributed by atoms with Crippen LogP contribution >= 0.6 is 0 Å². The molecule has 5 nitrogen and oxygen atoms in total. The molecule has 0 radical (unpaired) electrons. The molecule has 0 saturated heterocycles. The Morgan fingerprint density at radius 1 is 1.26 bits per heavy atom. The van der Waals surface area contributed by atoms with Crippen molar-refractivity contribution in [2.24, 2.45) is 0 Å². The van der Waals surface area contributed by atoms with E-state index in [0.717, 1.165) is 22.8 Å². The van der Waals surface area contributed by atoms with E-state index in [1.165, 1.54) is 5.56 Å². The van der Waals surface area contributed by atoms with Gasteiger partial charge in [0.05, 0.1) is 11.4 Å². The summed E-state index contributed by atoms with van der Waals surface area (Å²) in [6.45, 7) is 5.99. The van der Waals surface area contributed by atoms with Crippen molar-refractivity contribution in [2.75, 3.05) is 11.9 Å². The molecule has 0 aliphatic heterocycles. The Bertz CT molecular complexity index is 600. The first kappa shape index (κ1) is 13.1. The van der Waals surface area contributed by atoms with Crippen LogP contribution in [0.15, 0.2) is 24.3 Å². The first-order valence-corrected chi connectivity index (χ1v) is 6.08. The van der Waals surface area contributed by atoms with Gasteiger partial charge in [-0.1, -0.05) is 0 Å². The molecular weight excluding hydrogens is 242 g/mol. The first-order chi connectivity index (χ1) is 8.99. The Kier molecular flexibility index (Phi) is 3.55. The SMILES string of the molecule is Cc1nn(-c2ccc(NCC(=O)O)cc2)c(C)c1C. The summed E-state index contributed by atoms with van der Waals surface area (Å²) in [6, 6.07) is 7.54. The predicted molar refractivity (Wildman–Crippen MR) is 73.9 cm³/mol. The second-order valence-electron chi connectivity index (χ2n) is 4.50. The van der Waals surface area contributed by atoms with Gasteiger partial charge in [0.25, 0.3) is 0 Å². The zero-order valence-corrected chi connectivity index (χ0v) is 11.3. The molecule has 0 bridgehead atoms. The number of aliphatic carboxylic acids is 1. The monoisotopic (exact) mass is 259 g/mol. The largest absolute Gasteiger partial charge is 0.480 e. The molecule has 0 aliphatic carbocycles. The fourth-order valence-corrected chi connectivity index (χ4v) is 1.87. The molecule has 2 rings (SSSR count). The first-order valence-electron chi connectivity index (χ1n) is 6.08. The molecule has 2 aromatic rings. The smallest absolute Gasteiger partial charge is 0.322 e. The van der Waals surface area contributed by atoms with E-state index >= 15 is 0 Å². The van der Waals surface area contributed by atoms with Crippen molar-refractivity contribution in [2.45, 2.75) is 20.8 Å². The quantitative estimate of drug-likeness (QED) is 0.884. The minimum Gasteiger partial charge on any atom is -0.480 e.